The first-order valence-corrected chi connectivity index (χ1v) is 13.4. The van der Waals surface area contributed by atoms with Crippen molar-refractivity contribution in [2.45, 2.75) is 59.2 Å². The number of ether oxygens (including phenoxy) is 1. The van der Waals surface area contributed by atoms with E-state index in [9.17, 15) is 18.0 Å². The third-order valence-electron chi connectivity index (χ3n) is 5.38. The summed E-state index contributed by atoms with van der Waals surface area (Å²) in [7, 11) is -2.32. The maximum atomic E-state index is 13.7. The zero-order chi connectivity index (χ0) is 26.4. The molecule has 2 rings (SSSR count). The average molecular weight is 504 g/mol. The van der Waals surface area contributed by atoms with Crippen molar-refractivity contribution in [3.63, 3.8) is 0 Å². The van der Waals surface area contributed by atoms with Gasteiger partial charge in [0.25, 0.3) is 0 Å². The predicted molar refractivity (Wildman–Crippen MR) is 139 cm³/mol. The van der Waals surface area contributed by atoms with Crippen LogP contribution in [-0.2, 0) is 26.2 Å². The van der Waals surface area contributed by atoms with Gasteiger partial charge >= 0.3 is 0 Å². The maximum Gasteiger partial charge on any atom is 0.244 e. The lowest BCUT2D eigenvalue weighted by Gasteiger charge is -2.34. The summed E-state index contributed by atoms with van der Waals surface area (Å²) in [5.74, 6) is -0.293. The first kappa shape index (κ1) is 28.2. The van der Waals surface area contributed by atoms with Crippen LogP contribution in [-0.4, -0.2) is 56.6 Å². The molecule has 0 aliphatic carbocycles. The molecule has 0 radical (unpaired) electrons. The van der Waals surface area contributed by atoms with E-state index in [-0.39, 0.29) is 12.5 Å². The quantitative estimate of drug-likeness (QED) is 0.535. The highest BCUT2D eigenvalue weighted by molar-refractivity contribution is 7.92. The van der Waals surface area contributed by atoms with Crippen molar-refractivity contribution in [2.24, 2.45) is 0 Å². The fourth-order valence-electron chi connectivity index (χ4n) is 3.64. The van der Waals surface area contributed by atoms with Gasteiger partial charge in [0.2, 0.25) is 21.8 Å². The molecule has 2 aromatic rings. The molecule has 9 heteroatoms. The fraction of sp³-hybridized carbons (Fsp3) is 0.462. The van der Waals surface area contributed by atoms with E-state index < -0.39 is 34.1 Å². The van der Waals surface area contributed by atoms with Gasteiger partial charge in [0.1, 0.15) is 18.3 Å². The number of benzene rings is 2. The lowest BCUT2D eigenvalue weighted by Crippen LogP contribution is -2.55. The summed E-state index contributed by atoms with van der Waals surface area (Å²) < 4.78 is 31.6. The summed E-state index contributed by atoms with van der Waals surface area (Å²) >= 11 is 0. The van der Waals surface area contributed by atoms with Crippen LogP contribution in [0.4, 0.5) is 5.69 Å². The van der Waals surface area contributed by atoms with Gasteiger partial charge in [0, 0.05) is 18.2 Å². The van der Waals surface area contributed by atoms with Gasteiger partial charge in [0.05, 0.1) is 19.1 Å². The maximum absolute atomic E-state index is 13.7. The number of carbonyl (C=O) groups is 2. The van der Waals surface area contributed by atoms with Crippen LogP contribution in [0.25, 0.3) is 0 Å². The van der Waals surface area contributed by atoms with Crippen molar-refractivity contribution in [1.82, 2.24) is 10.2 Å². The molecule has 0 aliphatic heterocycles. The second-order valence-corrected chi connectivity index (χ2v) is 11.5. The van der Waals surface area contributed by atoms with Crippen molar-refractivity contribution in [1.29, 1.82) is 0 Å². The van der Waals surface area contributed by atoms with Gasteiger partial charge in [-0.2, -0.15) is 0 Å². The molecule has 1 unspecified atom stereocenters. The summed E-state index contributed by atoms with van der Waals surface area (Å²) in [6, 6.07) is 13.4. The van der Waals surface area contributed by atoms with Gasteiger partial charge in [-0.05, 0) is 51.8 Å². The van der Waals surface area contributed by atoms with E-state index in [4.69, 9.17) is 4.74 Å². The Hall–Kier alpha value is -3.07. The van der Waals surface area contributed by atoms with Crippen LogP contribution in [0.3, 0.4) is 0 Å². The molecule has 0 saturated heterocycles. The van der Waals surface area contributed by atoms with E-state index >= 15 is 0 Å². The Morgan fingerprint density at radius 3 is 2.23 bits per heavy atom. The van der Waals surface area contributed by atoms with Crippen LogP contribution in [0.15, 0.2) is 48.5 Å². The van der Waals surface area contributed by atoms with Crippen LogP contribution in [0.2, 0.25) is 0 Å². The van der Waals surface area contributed by atoms with Crippen molar-refractivity contribution < 1.29 is 22.7 Å². The Bertz CT molecular complexity index is 1120. The first-order chi connectivity index (χ1) is 16.2. The zero-order valence-corrected chi connectivity index (χ0v) is 22.5. The number of amides is 2. The predicted octanol–water partition coefficient (Wildman–Crippen LogP) is 3.49. The van der Waals surface area contributed by atoms with Gasteiger partial charge in [-0.3, -0.25) is 13.9 Å². The summed E-state index contributed by atoms with van der Waals surface area (Å²) in [6.45, 7) is 9.14. The van der Waals surface area contributed by atoms with E-state index in [0.29, 0.717) is 17.9 Å². The Labute approximate surface area is 209 Å². The molecule has 0 fully saturated rings. The minimum absolute atomic E-state index is 0.172. The molecular formula is C26H37N3O5S. The zero-order valence-electron chi connectivity index (χ0n) is 21.7. The van der Waals surface area contributed by atoms with Gasteiger partial charge in [-0.1, -0.05) is 42.8 Å². The van der Waals surface area contributed by atoms with Gasteiger partial charge < -0.3 is 15.0 Å². The molecule has 192 valence electrons. The number of carbonyl (C=O) groups excluding carboxylic acids is 2. The van der Waals surface area contributed by atoms with Gasteiger partial charge in [-0.15, -0.1) is 0 Å². The van der Waals surface area contributed by atoms with Crippen LogP contribution in [0, 0.1) is 6.92 Å². The van der Waals surface area contributed by atoms with Crippen LogP contribution in [0.1, 0.15) is 45.2 Å². The summed E-state index contributed by atoms with van der Waals surface area (Å²) in [5, 5.41) is 2.95. The summed E-state index contributed by atoms with van der Waals surface area (Å²) in [4.78, 5) is 28.3. The molecule has 2 amide bonds. The van der Waals surface area contributed by atoms with Crippen LogP contribution in [0.5, 0.6) is 5.75 Å². The number of nitrogens with zero attached hydrogens (tertiary/aromatic N) is 2. The molecule has 2 aromatic carbocycles. The number of anilines is 1. The normalized spacial score (nSPS) is 12.5. The average Bonchev–Trinajstić information content (AvgIpc) is 2.76. The minimum atomic E-state index is -3.80. The van der Waals surface area contributed by atoms with E-state index in [1.54, 1.807) is 24.3 Å². The van der Waals surface area contributed by atoms with E-state index in [1.807, 2.05) is 58.9 Å². The Balaban J connectivity index is 2.46. The minimum Gasteiger partial charge on any atom is -0.497 e. The molecule has 0 bridgehead atoms. The van der Waals surface area contributed by atoms with Gasteiger partial charge in [-0.25, -0.2) is 8.42 Å². The Kier molecular flexibility index (Phi) is 9.31. The SMILES string of the molecule is CCC(C(=O)NC(C)(C)C)N(Cc1ccc(C)cc1)C(=O)CN(c1cccc(OC)c1)S(C)(=O)=O. The molecule has 35 heavy (non-hydrogen) atoms. The molecule has 0 spiro atoms. The molecule has 0 aliphatic rings. The first-order valence-electron chi connectivity index (χ1n) is 11.5. The number of methoxy groups -OCH3 is 1. The van der Waals surface area contributed by atoms with E-state index in [2.05, 4.69) is 5.32 Å². The Morgan fingerprint density at radius 2 is 1.71 bits per heavy atom. The van der Waals surface area contributed by atoms with E-state index in [1.165, 1.54) is 12.0 Å². The van der Waals surface area contributed by atoms with Crippen molar-refractivity contribution >= 4 is 27.5 Å². The molecule has 0 saturated carbocycles. The smallest absolute Gasteiger partial charge is 0.244 e. The second kappa shape index (κ2) is 11.6. The van der Waals surface area contributed by atoms with Crippen LogP contribution < -0.4 is 14.4 Å². The highest BCUT2D eigenvalue weighted by Crippen LogP contribution is 2.24. The Morgan fingerprint density at radius 1 is 1.09 bits per heavy atom. The molecule has 0 heterocycles. The number of hydrogen-bond acceptors (Lipinski definition) is 5. The lowest BCUT2D eigenvalue weighted by molar-refractivity contribution is -0.141. The highest BCUT2D eigenvalue weighted by Gasteiger charge is 2.33. The summed E-state index contributed by atoms with van der Waals surface area (Å²) in [6.07, 6.45) is 1.42. The largest absolute Gasteiger partial charge is 0.497 e. The van der Waals surface area contributed by atoms with Crippen molar-refractivity contribution in [3.8, 4) is 5.75 Å². The van der Waals surface area contributed by atoms with Crippen LogP contribution >= 0.6 is 0 Å². The third kappa shape index (κ3) is 8.28. The van der Waals surface area contributed by atoms with Crippen molar-refractivity contribution in [2.75, 3.05) is 24.2 Å². The highest BCUT2D eigenvalue weighted by atomic mass is 32.2. The second-order valence-electron chi connectivity index (χ2n) is 9.64. The molecule has 1 atom stereocenters. The molecule has 8 nitrogen and oxygen atoms in total. The molecule has 1 N–H and O–H groups in total. The topological polar surface area (TPSA) is 96.0 Å². The van der Waals surface area contributed by atoms with Crippen molar-refractivity contribution in [3.05, 3.63) is 59.7 Å². The number of hydrogen-bond donors (Lipinski definition) is 1. The number of aryl methyl sites for hydroxylation is 1. The number of rotatable bonds is 10. The number of sulfonamides is 1. The standard InChI is InChI=1S/C26H37N3O5S/c1-8-23(25(31)27-26(3,4)5)28(17-20-14-12-19(2)13-15-20)24(30)18-29(35(7,32)33)21-10-9-11-22(16-21)34-6/h9-16,23H,8,17-18H2,1-7H3,(H,27,31). The van der Waals surface area contributed by atoms with E-state index in [0.717, 1.165) is 21.7 Å². The fourth-order valence-corrected chi connectivity index (χ4v) is 4.48. The molecule has 0 aromatic heterocycles. The lowest BCUT2D eigenvalue weighted by atomic mass is 10.1. The summed E-state index contributed by atoms with van der Waals surface area (Å²) in [5.41, 5.74) is 1.74. The number of nitrogens with one attached hydrogen (secondary N) is 1. The molecular weight excluding hydrogens is 466 g/mol. The monoisotopic (exact) mass is 503 g/mol. The third-order valence-corrected chi connectivity index (χ3v) is 6.52. The van der Waals surface area contributed by atoms with Gasteiger partial charge in [0.15, 0.2) is 0 Å².